The number of amides is 1. The lowest BCUT2D eigenvalue weighted by atomic mass is 10.2. The first-order valence-electron chi connectivity index (χ1n) is 7.62. The predicted molar refractivity (Wildman–Crippen MR) is 99.2 cm³/mol. The average molecular weight is 356 g/mol. The van der Waals surface area contributed by atoms with Crippen molar-refractivity contribution in [3.63, 3.8) is 0 Å². The molecule has 25 heavy (non-hydrogen) atoms. The highest BCUT2D eigenvalue weighted by Crippen LogP contribution is 2.26. The van der Waals surface area contributed by atoms with Crippen LogP contribution in [-0.2, 0) is 4.79 Å². The van der Waals surface area contributed by atoms with Crippen LogP contribution in [0.2, 0.25) is 0 Å². The van der Waals surface area contributed by atoms with Gasteiger partial charge in [0.15, 0.2) is 0 Å². The van der Waals surface area contributed by atoms with E-state index in [0.29, 0.717) is 0 Å². The molecule has 0 saturated carbocycles. The summed E-state index contributed by atoms with van der Waals surface area (Å²) in [6, 6.07) is 11.2. The summed E-state index contributed by atoms with van der Waals surface area (Å²) in [5, 5.41) is 17.7. The third-order valence-corrected chi connectivity index (χ3v) is 4.56. The first-order valence-corrected chi connectivity index (χ1v) is 8.43. The van der Waals surface area contributed by atoms with Crippen LogP contribution < -0.4 is 10.6 Å². The molecule has 3 aromatic rings. The van der Waals surface area contributed by atoms with Crippen LogP contribution in [0, 0.1) is 17.0 Å². The van der Waals surface area contributed by atoms with E-state index in [4.69, 9.17) is 0 Å². The number of nitrogens with one attached hydrogen (secondary N) is 2. The van der Waals surface area contributed by atoms with Gasteiger partial charge >= 0.3 is 0 Å². The molecule has 2 aromatic carbocycles. The lowest BCUT2D eigenvalue weighted by molar-refractivity contribution is -0.383. The topological polar surface area (TPSA) is 97.2 Å². The number of carbonyl (C=O) groups is 1. The molecule has 7 nitrogen and oxygen atoms in total. The van der Waals surface area contributed by atoms with Crippen LogP contribution in [0.3, 0.4) is 0 Å². The van der Waals surface area contributed by atoms with E-state index in [2.05, 4.69) is 15.6 Å². The number of nitro groups is 1. The zero-order valence-electron chi connectivity index (χ0n) is 13.6. The highest BCUT2D eigenvalue weighted by atomic mass is 32.1. The van der Waals surface area contributed by atoms with E-state index >= 15 is 0 Å². The molecule has 0 spiro atoms. The summed E-state index contributed by atoms with van der Waals surface area (Å²) in [5.74, 6) is -0.352. The molecule has 3 rings (SSSR count). The number of hydrogen-bond donors (Lipinski definition) is 2. The summed E-state index contributed by atoms with van der Waals surface area (Å²) in [5.41, 5.74) is 1.76. The molecule has 0 aliphatic rings. The van der Waals surface area contributed by atoms with Gasteiger partial charge < -0.3 is 10.6 Å². The number of thiazole rings is 1. The van der Waals surface area contributed by atoms with E-state index in [9.17, 15) is 14.9 Å². The largest absolute Gasteiger partial charge is 0.374 e. The van der Waals surface area contributed by atoms with Crippen LogP contribution in [0.15, 0.2) is 42.5 Å². The highest BCUT2D eigenvalue weighted by Gasteiger charge is 2.18. The molecule has 0 aliphatic heterocycles. The molecule has 1 heterocycles. The Morgan fingerprint density at radius 3 is 2.80 bits per heavy atom. The van der Waals surface area contributed by atoms with Crippen LogP contribution in [0.25, 0.3) is 10.2 Å². The number of fused-ring (bicyclic) bond motifs is 1. The lowest BCUT2D eigenvalue weighted by Crippen LogP contribution is -2.32. The van der Waals surface area contributed by atoms with Crippen molar-refractivity contribution in [3.8, 4) is 0 Å². The fourth-order valence-electron chi connectivity index (χ4n) is 2.42. The second-order valence-corrected chi connectivity index (χ2v) is 6.78. The van der Waals surface area contributed by atoms with Crippen LogP contribution in [0.4, 0.5) is 17.1 Å². The smallest absolute Gasteiger partial charge is 0.292 e. The molecular formula is C17H16N4O3S. The zero-order valence-corrected chi connectivity index (χ0v) is 14.5. The molecule has 1 atom stereocenters. The molecule has 128 valence electrons. The number of rotatable bonds is 5. The van der Waals surface area contributed by atoms with Gasteiger partial charge in [0.05, 0.1) is 20.1 Å². The van der Waals surface area contributed by atoms with Crippen molar-refractivity contribution in [1.82, 2.24) is 4.98 Å². The van der Waals surface area contributed by atoms with Gasteiger partial charge in [-0.1, -0.05) is 12.1 Å². The lowest BCUT2D eigenvalue weighted by Gasteiger charge is -2.15. The normalized spacial score (nSPS) is 11.9. The van der Waals surface area contributed by atoms with Crippen LogP contribution in [0.5, 0.6) is 0 Å². The van der Waals surface area contributed by atoms with Crippen LogP contribution in [-0.4, -0.2) is 21.9 Å². The Bertz CT molecular complexity index is 954. The minimum atomic E-state index is -0.564. The Balaban J connectivity index is 1.72. The van der Waals surface area contributed by atoms with E-state index in [1.807, 2.05) is 25.1 Å². The van der Waals surface area contributed by atoms with Crippen LogP contribution in [0.1, 0.15) is 11.9 Å². The zero-order chi connectivity index (χ0) is 18.0. The highest BCUT2D eigenvalue weighted by molar-refractivity contribution is 7.18. The summed E-state index contributed by atoms with van der Waals surface area (Å²) in [7, 11) is 0. The van der Waals surface area contributed by atoms with Gasteiger partial charge in [-0.05, 0) is 38.1 Å². The number of nitro benzene ring substituents is 1. The first kappa shape index (κ1) is 16.8. The Hall–Kier alpha value is -3.00. The van der Waals surface area contributed by atoms with Gasteiger partial charge in [-0.3, -0.25) is 14.9 Å². The fraction of sp³-hybridized carbons (Fsp3) is 0.176. The van der Waals surface area contributed by atoms with Gasteiger partial charge in [-0.2, -0.15) is 0 Å². The van der Waals surface area contributed by atoms with Gasteiger partial charge in [0.1, 0.15) is 11.7 Å². The number of aryl methyl sites for hydroxylation is 1. The monoisotopic (exact) mass is 356 g/mol. The SMILES string of the molecule is Cc1nc2ccc(N[C@@H](C)C(=O)Nc3ccccc3[N+](=O)[O-])cc2s1. The van der Waals surface area contributed by atoms with Crippen molar-refractivity contribution in [2.24, 2.45) is 0 Å². The van der Waals surface area contributed by atoms with E-state index in [0.717, 1.165) is 20.9 Å². The second kappa shape index (κ2) is 6.86. The summed E-state index contributed by atoms with van der Waals surface area (Å²) >= 11 is 1.58. The average Bonchev–Trinajstić information content (AvgIpc) is 2.94. The Morgan fingerprint density at radius 1 is 1.28 bits per heavy atom. The molecule has 2 N–H and O–H groups in total. The van der Waals surface area contributed by atoms with Crippen molar-refractivity contribution in [2.75, 3.05) is 10.6 Å². The molecule has 8 heteroatoms. The molecule has 0 unspecified atom stereocenters. The molecule has 0 fully saturated rings. The number of aromatic nitrogens is 1. The number of carbonyl (C=O) groups excluding carboxylic acids is 1. The van der Waals surface area contributed by atoms with E-state index in [1.165, 1.54) is 12.1 Å². The number of benzene rings is 2. The summed E-state index contributed by atoms with van der Waals surface area (Å²) in [6.45, 7) is 3.65. The predicted octanol–water partition coefficient (Wildman–Crippen LogP) is 3.95. The molecular weight excluding hydrogens is 340 g/mol. The van der Waals surface area contributed by atoms with Crippen LogP contribution >= 0.6 is 11.3 Å². The summed E-state index contributed by atoms with van der Waals surface area (Å²) in [6.07, 6.45) is 0. The first-order chi connectivity index (χ1) is 11.9. The van der Waals surface area contributed by atoms with Gasteiger partial charge in [0.25, 0.3) is 5.69 Å². The molecule has 0 aliphatic carbocycles. The Morgan fingerprint density at radius 2 is 2.04 bits per heavy atom. The van der Waals surface area contributed by atoms with E-state index in [1.54, 1.807) is 30.4 Å². The van der Waals surface area contributed by atoms with Gasteiger partial charge in [-0.25, -0.2) is 4.98 Å². The summed E-state index contributed by atoms with van der Waals surface area (Å²) < 4.78 is 1.04. The molecule has 0 bridgehead atoms. The van der Waals surface area contributed by atoms with Crippen molar-refractivity contribution >= 4 is 44.5 Å². The maximum absolute atomic E-state index is 12.4. The third kappa shape index (κ3) is 3.74. The molecule has 0 radical (unpaired) electrons. The number of hydrogen-bond acceptors (Lipinski definition) is 6. The Kier molecular flexibility index (Phi) is 4.62. The maximum atomic E-state index is 12.4. The van der Waals surface area contributed by atoms with Crippen molar-refractivity contribution in [1.29, 1.82) is 0 Å². The quantitative estimate of drug-likeness (QED) is 0.533. The molecule has 1 amide bonds. The van der Waals surface area contributed by atoms with E-state index in [-0.39, 0.29) is 17.3 Å². The fourth-order valence-corrected chi connectivity index (χ4v) is 3.29. The minimum Gasteiger partial charge on any atom is -0.374 e. The second-order valence-electron chi connectivity index (χ2n) is 5.54. The standard InChI is InChI=1S/C17H16N4O3S/c1-10(17(22)20-13-5-3-4-6-15(13)21(23)24)18-12-7-8-14-16(9-12)25-11(2)19-14/h3-10,18H,1-2H3,(H,20,22)/t10-/m0/s1. The van der Waals surface area contributed by atoms with Crippen molar-refractivity contribution in [3.05, 3.63) is 57.6 Å². The van der Waals surface area contributed by atoms with E-state index < -0.39 is 11.0 Å². The van der Waals surface area contributed by atoms with Crippen molar-refractivity contribution < 1.29 is 9.72 Å². The number of nitrogens with zero attached hydrogens (tertiary/aromatic N) is 2. The third-order valence-electron chi connectivity index (χ3n) is 3.63. The van der Waals surface area contributed by atoms with Crippen molar-refractivity contribution in [2.45, 2.75) is 19.9 Å². The maximum Gasteiger partial charge on any atom is 0.292 e. The van der Waals surface area contributed by atoms with Gasteiger partial charge in [0.2, 0.25) is 5.91 Å². The number of anilines is 2. The Labute approximate surface area is 147 Å². The molecule has 0 saturated heterocycles. The summed E-state index contributed by atoms with van der Waals surface area (Å²) in [4.78, 5) is 27.3. The molecule has 1 aromatic heterocycles. The number of para-hydroxylation sites is 2. The van der Waals surface area contributed by atoms with Gasteiger partial charge in [-0.15, -0.1) is 11.3 Å². The minimum absolute atomic E-state index is 0.135. The van der Waals surface area contributed by atoms with Gasteiger partial charge in [0, 0.05) is 11.8 Å².